The zero-order chi connectivity index (χ0) is 13.5. The van der Waals surface area contributed by atoms with E-state index in [1.165, 1.54) is 12.1 Å². The van der Waals surface area contributed by atoms with Crippen LogP contribution in [0.2, 0.25) is 0 Å². The summed E-state index contributed by atoms with van der Waals surface area (Å²) in [6.45, 7) is 0. The van der Waals surface area contributed by atoms with Crippen molar-refractivity contribution in [1.82, 2.24) is 5.43 Å². The van der Waals surface area contributed by atoms with Crippen LogP contribution >= 0.6 is 0 Å². The molecule has 0 bridgehead atoms. The molecule has 0 heterocycles. The fourth-order valence-corrected chi connectivity index (χ4v) is 1.08. The molecule has 0 unspecified atom stereocenters. The summed E-state index contributed by atoms with van der Waals surface area (Å²) in [5.41, 5.74) is 1.73. The van der Waals surface area contributed by atoms with Gasteiger partial charge in [-0.05, 0) is 0 Å². The van der Waals surface area contributed by atoms with Gasteiger partial charge in [-0.3, -0.25) is 4.79 Å². The first-order valence-electron chi connectivity index (χ1n) is 4.81. The van der Waals surface area contributed by atoms with Crippen molar-refractivity contribution in [2.45, 2.75) is 0 Å². The molecule has 1 aromatic rings. The number of hydrazone groups is 1. The van der Waals surface area contributed by atoms with Crippen LogP contribution in [0.3, 0.4) is 0 Å². The van der Waals surface area contributed by atoms with Gasteiger partial charge in [-0.2, -0.15) is 5.10 Å². The van der Waals surface area contributed by atoms with Crippen molar-refractivity contribution in [3.8, 4) is 0 Å². The molecule has 0 fully saturated rings. The van der Waals surface area contributed by atoms with Gasteiger partial charge in [-0.25, -0.2) is 15.0 Å². The largest absolute Gasteiger partial charge is 0.476 e. The van der Waals surface area contributed by atoms with Crippen LogP contribution in [0.1, 0.15) is 5.56 Å². The molecule has 18 heavy (non-hydrogen) atoms. The Morgan fingerprint density at radius 2 is 1.83 bits per heavy atom. The molecule has 94 valence electrons. The standard InChI is InChI=1S/C11H10N2O5/c1-18-11(17)9(14)13-12-8(10(15)16)7-5-3-2-4-6-7/h2-6H,1H3,(H,13,14)(H,15,16)/b12-8+. The quantitative estimate of drug-likeness (QED) is 0.333. The number of aliphatic carboxylic acids is 1. The Labute approximate surface area is 102 Å². The molecule has 0 saturated heterocycles. The summed E-state index contributed by atoms with van der Waals surface area (Å²) >= 11 is 0. The van der Waals surface area contributed by atoms with E-state index < -0.39 is 17.8 Å². The highest BCUT2D eigenvalue weighted by Gasteiger charge is 2.16. The number of ether oxygens (including phenoxy) is 1. The number of hydrogen-bond acceptors (Lipinski definition) is 5. The molecule has 0 spiro atoms. The van der Waals surface area contributed by atoms with Gasteiger partial charge in [0.25, 0.3) is 0 Å². The predicted molar refractivity (Wildman–Crippen MR) is 60.8 cm³/mol. The molecule has 7 nitrogen and oxygen atoms in total. The normalized spacial score (nSPS) is 10.6. The van der Waals surface area contributed by atoms with Gasteiger partial charge in [0.2, 0.25) is 0 Å². The summed E-state index contributed by atoms with van der Waals surface area (Å²) in [5, 5.41) is 12.3. The fourth-order valence-electron chi connectivity index (χ4n) is 1.08. The maximum Gasteiger partial charge on any atom is 0.398 e. The van der Waals surface area contributed by atoms with E-state index in [4.69, 9.17) is 5.11 Å². The second-order valence-electron chi connectivity index (χ2n) is 3.06. The molecule has 0 aliphatic rings. The van der Waals surface area contributed by atoms with E-state index in [2.05, 4.69) is 9.84 Å². The lowest BCUT2D eigenvalue weighted by atomic mass is 10.1. The van der Waals surface area contributed by atoms with Crippen LogP contribution in [-0.4, -0.2) is 35.8 Å². The third-order valence-corrected chi connectivity index (χ3v) is 1.89. The summed E-state index contributed by atoms with van der Waals surface area (Å²) in [4.78, 5) is 32.8. The van der Waals surface area contributed by atoms with Crippen molar-refractivity contribution in [2.75, 3.05) is 7.11 Å². The third-order valence-electron chi connectivity index (χ3n) is 1.89. The van der Waals surface area contributed by atoms with Crippen LogP contribution in [-0.2, 0) is 19.1 Å². The second-order valence-corrected chi connectivity index (χ2v) is 3.06. The average Bonchev–Trinajstić information content (AvgIpc) is 2.38. The zero-order valence-electron chi connectivity index (χ0n) is 9.41. The molecule has 0 atom stereocenters. The Hall–Kier alpha value is -2.70. The average molecular weight is 250 g/mol. The maximum atomic E-state index is 11.0. The van der Waals surface area contributed by atoms with Gasteiger partial charge in [0.05, 0.1) is 7.11 Å². The molecule has 2 N–H and O–H groups in total. The number of nitrogens with one attached hydrogen (secondary N) is 1. The molecule has 0 aliphatic heterocycles. The number of carboxylic acid groups (broad SMARTS) is 1. The number of esters is 1. The van der Waals surface area contributed by atoms with E-state index in [-0.39, 0.29) is 5.71 Å². The number of benzene rings is 1. The number of hydrogen-bond donors (Lipinski definition) is 2. The van der Waals surface area contributed by atoms with Crippen LogP contribution in [0.15, 0.2) is 35.4 Å². The van der Waals surface area contributed by atoms with Crippen LogP contribution in [0.4, 0.5) is 0 Å². The highest BCUT2D eigenvalue weighted by molar-refractivity contribution is 6.43. The van der Waals surface area contributed by atoms with Gasteiger partial charge in [0.15, 0.2) is 5.71 Å². The number of nitrogens with zero attached hydrogens (tertiary/aromatic N) is 1. The number of amides is 1. The predicted octanol–water partition coefficient (Wildman–Crippen LogP) is -0.236. The molecular weight excluding hydrogens is 240 g/mol. The number of carbonyl (C=O) groups is 3. The van der Waals surface area contributed by atoms with E-state index in [9.17, 15) is 14.4 Å². The summed E-state index contributed by atoms with van der Waals surface area (Å²) in [7, 11) is 1.03. The van der Waals surface area contributed by atoms with E-state index in [0.717, 1.165) is 7.11 Å². The topological polar surface area (TPSA) is 105 Å². The van der Waals surface area contributed by atoms with Crippen molar-refractivity contribution in [3.63, 3.8) is 0 Å². The molecule has 0 radical (unpaired) electrons. The Bertz CT molecular complexity index is 495. The van der Waals surface area contributed by atoms with E-state index in [1.807, 2.05) is 0 Å². The minimum atomic E-state index is -1.33. The Morgan fingerprint density at radius 1 is 1.22 bits per heavy atom. The highest BCUT2D eigenvalue weighted by Crippen LogP contribution is 2.01. The highest BCUT2D eigenvalue weighted by atomic mass is 16.5. The Morgan fingerprint density at radius 3 is 2.33 bits per heavy atom. The van der Waals surface area contributed by atoms with Crippen molar-refractivity contribution in [2.24, 2.45) is 5.10 Å². The van der Waals surface area contributed by atoms with Crippen LogP contribution in [0.25, 0.3) is 0 Å². The Kier molecular flexibility index (Phi) is 4.56. The minimum absolute atomic E-state index is 0.301. The summed E-state index contributed by atoms with van der Waals surface area (Å²) in [6, 6.07) is 7.97. The third kappa shape index (κ3) is 3.41. The number of carboxylic acids is 1. The molecule has 7 heteroatoms. The molecule has 1 amide bonds. The monoisotopic (exact) mass is 250 g/mol. The molecule has 1 aromatic carbocycles. The van der Waals surface area contributed by atoms with E-state index >= 15 is 0 Å². The van der Waals surface area contributed by atoms with Gasteiger partial charge < -0.3 is 9.84 Å². The lowest BCUT2D eigenvalue weighted by Gasteiger charge is -2.02. The number of rotatable bonds is 3. The van der Waals surface area contributed by atoms with Gasteiger partial charge in [0.1, 0.15) is 0 Å². The minimum Gasteiger partial charge on any atom is -0.476 e. The van der Waals surface area contributed by atoms with Gasteiger partial charge in [0, 0.05) is 5.56 Å². The molecule has 0 aromatic heterocycles. The summed E-state index contributed by atoms with van der Waals surface area (Å²) in [6.07, 6.45) is 0. The fraction of sp³-hybridized carbons (Fsp3) is 0.0909. The lowest BCUT2D eigenvalue weighted by molar-refractivity contribution is -0.152. The van der Waals surface area contributed by atoms with Crippen molar-refractivity contribution in [1.29, 1.82) is 0 Å². The van der Waals surface area contributed by atoms with Gasteiger partial charge in [-0.1, -0.05) is 30.3 Å². The number of methoxy groups -OCH3 is 1. The van der Waals surface area contributed by atoms with Gasteiger partial charge >= 0.3 is 17.8 Å². The van der Waals surface area contributed by atoms with Crippen molar-refractivity contribution >= 4 is 23.6 Å². The van der Waals surface area contributed by atoms with Crippen LogP contribution < -0.4 is 5.43 Å². The van der Waals surface area contributed by atoms with Crippen molar-refractivity contribution < 1.29 is 24.2 Å². The zero-order valence-corrected chi connectivity index (χ0v) is 9.41. The molecule has 1 rings (SSSR count). The number of carbonyl (C=O) groups excluding carboxylic acids is 2. The summed E-state index contributed by atoms with van der Waals surface area (Å²) in [5.74, 6) is -3.63. The first-order chi connectivity index (χ1) is 8.56. The summed E-state index contributed by atoms with van der Waals surface area (Å²) < 4.78 is 4.14. The first-order valence-corrected chi connectivity index (χ1v) is 4.81. The van der Waals surface area contributed by atoms with Gasteiger partial charge in [-0.15, -0.1) is 0 Å². The van der Waals surface area contributed by atoms with E-state index in [0.29, 0.717) is 5.56 Å². The lowest BCUT2D eigenvalue weighted by Crippen LogP contribution is -2.30. The van der Waals surface area contributed by atoms with Crippen LogP contribution in [0.5, 0.6) is 0 Å². The molecular formula is C11H10N2O5. The van der Waals surface area contributed by atoms with Crippen LogP contribution in [0, 0.1) is 0 Å². The first kappa shape index (κ1) is 13.4. The van der Waals surface area contributed by atoms with E-state index in [1.54, 1.807) is 23.6 Å². The molecule has 0 saturated carbocycles. The smallest absolute Gasteiger partial charge is 0.398 e. The second kappa shape index (κ2) is 6.14. The Balaban J connectivity index is 2.91. The molecule has 0 aliphatic carbocycles. The van der Waals surface area contributed by atoms with Crippen molar-refractivity contribution in [3.05, 3.63) is 35.9 Å². The maximum absolute atomic E-state index is 11.0. The SMILES string of the molecule is COC(=O)C(=O)N/N=C(/C(=O)O)c1ccccc1.